The predicted octanol–water partition coefficient (Wildman–Crippen LogP) is 1.89. The van der Waals surface area contributed by atoms with Gasteiger partial charge in [-0.15, -0.1) is 11.8 Å². The molecule has 0 bridgehead atoms. The van der Waals surface area contributed by atoms with Crippen molar-refractivity contribution < 1.29 is 4.79 Å². The molecular formula is C15H21N3OS2. The summed E-state index contributed by atoms with van der Waals surface area (Å²) in [5, 5.41) is 3.11. The fraction of sp³-hybridized carbons (Fsp3) is 0.467. The van der Waals surface area contributed by atoms with Gasteiger partial charge in [-0.3, -0.25) is 9.69 Å². The normalized spacial score (nSPS) is 16.6. The summed E-state index contributed by atoms with van der Waals surface area (Å²) in [6, 6.07) is 7.95. The van der Waals surface area contributed by atoms with Crippen molar-refractivity contribution >= 4 is 34.9 Å². The second-order valence-electron chi connectivity index (χ2n) is 5.22. The van der Waals surface area contributed by atoms with Crippen molar-refractivity contribution in [3.05, 3.63) is 29.8 Å². The summed E-state index contributed by atoms with van der Waals surface area (Å²) in [7, 11) is 0. The summed E-state index contributed by atoms with van der Waals surface area (Å²) in [6.45, 7) is 2.52. The maximum atomic E-state index is 12.2. The fourth-order valence-electron chi connectivity index (χ4n) is 2.47. The highest BCUT2D eigenvalue weighted by atomic mass is 32.2. The number of piperidine rings is 1. The predicted molar refractivity (Wildman–Crippen MR) is 91.9 cm³/mol. The number of likely N-dealkylation sites (tertiary alicyclic amines) is 1. The van der Waals surface area contributed by atoms with Gasteiger partial charge >= 0.3 is 0 Å². The third-order valence-corrected chi connectivity index (χ3v) is 4.53. The molecule has 0 spiro atoms. The van der Waals surface area contributed by atoms with Crippen molar-refractivity contribution in [2.45, 2.75) is 23.8 Å². The maximum absolute atomic E-state index is 12.2. The van der Waals surface area contributed by atoms with E-state index in [9.17, 15) is 4.79 Å². The summed E-state index contributed by atoms with van der Waals surface area (Å²) < 4.78 is 0. The third kappa shape index (κ3) is 4.98. The quantitative estimate of drug-likeness (QED) is 0.640. The van der Waals surface area contributed by atoms with Crippen molar-refractivity contribution in [3.8, 4) is 0 Å². The van der Waals surface area contributed by atoms with Gasteiger partial charge < -0.3 is 11.1 Å². The summed E-state index contributed by atoms with van der Waals surface area (Å²) in [6.07, 6.45) is 3.91. The van der Waals surface area contributed by atoms with Crippen LogP contribution in [0.5, 0.6) is 0 Å². The summed E-state index contributed by atoms with van der Waals surface area (Å²) in [4.78, 5) is 16.1. The van der Waals surface area contributed by atoms with Gasteiger partial charge in [0.15, 0.2) is 0 Å². The molecule has 4 nitrogen and oxygen atoms in total. The first-order valence-corrected chi connectivity index (χ1v) is 8.67. The highest BCUT2D eigenvalue weighted by Gasteiger charge is 2.21. The van der Waals surface area contributed by atoms with E-state index in [0.717, 1.165) is 36.4 Å². The molecule has 1 saturated heterocycles. The average Bonchev–Trinajstić information content (AvgIpc) is 2.49. The zero-order chi connectivity index (χ0) is 15.2. The van der Waals surface area contributed by atoms with Crippen LogP contribution in [0.1, 0.15) is 23.2 Å². The fourth-order valence-corrected chi connectivity index (χ4v) is 3.06. The van der Waals surface area contributed by atoms with E-state index >= 15 is 0 Å². The van der Waals surface area contributed by atoms with E-state index in [-0.39, 0.29) is 11.9 Å². The molecule has 1 heterocycles. The number of thioether (sulfide) groups is 1. The molecule has 114 valence electrons. The molecule has 0 aromatic heterocycles. The zero-order valence-corrected chi connectivity index (χ0v) is 13.8. The van der Waals surface area contributed by atoms with Crippen LogP contribution in [0.4, 0.5) is 0 Å². The number of hydrogen-bond acceptors (Lipinski definition) is 4. The maximum Gasteiger partial charge on any atom is 0.251 e. The van der Waals surface area contributed by atoms with Gasteiger partial charge in [0.05, 0.1) is 4.99 Å². The van der Waals surface area contributed by atoms with E-state index in [2.05, 4.69) is 10.2 Å². The van der Waals surface area contributed by atoms with Gasteiger partial charge in [-0.05, 0) is 43.4 Å². The van der Waals surface area contributed by atoms with E-state index < -0.39 is 0 Å². The zero-order valence-electron chi connectivity index (χ0n) is 12.2. The van der Waals surface area contributed by atoms with E-state index in [1.54, 1.807) is 11.8 Å². The number of nitrogens with zero attached hydrogens (tertiary/aromatic N) is 1. The van der Waals surface area contributed by atoms with Crippen LogP contribution in [-0.4, -0.2) is 47.7 Å². The summed E-state index contributed by atoms with van der Waals surface area (Å²) in [5.74, 6) is 0.00967. The van der Waals surface area contributed by atoms with Crippen LogP contribution < -0.4 is 11.1 Å². The van der Waals surface area contributed by atoms with Crippen LogP contribution in [0.15, 0.2) is 29.2 Å². The Morgan fingerprint density at radius 2 is 2.00 bits per heavy atom. The molecule has 1 aromatic carbocycles. The summed E-state index contributed by atoms with van der Waals surface area (Å²) >= 11 is 6.60. The molecule has 0 saturated carbocycles. The Bertz CT molecular complexity index is 496. The Morgan fingerprint density at radius 1 is 1.38 bits per heavy atom. The van der Waals surface area contributed by atoms with Crippen molar-refractivity contribution in [2.24, 2.45) is 5.73 Å². The molecule has 1 aromatic rings. The number of hydrogen-bond donors (Lipinski definition) is 2. The number of carbonyl (C=O) groups is 1. The smallest absolute Gasteiger partial charge is 0.251 e. The molecule has 3 N–H and O–H groups in total. The second kappa shape index (κ2) is 7.77. The lowest BCUT2D eigenvalue weighted by atomic mass is 10.0. The highest BCUT2D eigenvalue weighted by Crippen LogP contribution is 2.16. The van der Waals surface area contributed by atoms with Gasteiger partial charge in [0.1, 0.15) is 0 Å². The van der Waals surface area contributed by atoms with E-state index in [4.69, 9.17) is 18.0 Å². The van der Waals surface area contributed by atoms with Crippen LogP contribution in [0.2, 0.25) is 0 Å². The van der Waals surface area contributed by atoms with Gasteiger partial charge in [0.25, 0.3) is 5.91 Å². The molecular weight excluding hydrogens is 302 g/mol. The van der Waals surface area contributed by atoms with Crippen molar-refractivity contribution in [3.63, 3.8) is 0 Å². The van der Waals surface area contributed by atoms with Gasteiger partial charge in [-0.1, -0.05) is 12.2 Å². The first-order valence-electron chi connectivity index (χ1n) is 7.04. The topological polar surface area (TPSA) is 58.4 Å². The second-order valence-corrected chi connectivity index (χ2v) is 6.62. The monoisotopic (exact) mass is 323 g/mol. The molecule has 0 unspecified atom stereocenters. The Kier molecular flexibility index (Phi) is 6.02. The number of thiocarbonyl (C=S) groups is 1. The van der Waals surface area contributed by atoms with Crippen molar-refractivity contribution in [2.75, 3.05) is 25.9 Å². The minimum Gasteiger partial charge on any atom is -0.392 e. The minimum atomic E-state index is 0.00967. The molecule has 6 heteroatoms. The standard InChI is InChI=1S/C15H21N3OS2/c1-21-13-4-2-11(3-5-13)15(19)17-12-6-8-18(9-7-12)10-14(16)20/h2-5,12H,6-10H2,1H3,(H2,16,20)(H,17,19). The van der Waals surface area contributed by atoms with E-state index in [0.29, 0.717) is 11.5 Å². The van der Waals surface area contributed by atoms with Gasteiger partial charge in [0, 0.05) is 36.1 Å². The van der Waals surface area contributed by atoms with Crippen molar-refractivity contribution in [1.29, 1.82) is 0 Å². The SMILES string of the molecule is CSc1ccc(C(=O)NC2CCN(CC(N)=S)CC2)cc1. The molecule has 1 amide bonds. The molecule has 0 radical (unpaired) electrons. The molecule has 0 aliphatic carbocycles. The van der Waals surface area contributed by atoms with Crippen LogP contribution >= 0.6 is 24.0 Å². The van der Waals surface area contributed by atoms with Crippen LogP contribution in [0.3, 0.4) is 0 Å². The van der Waals surface area contributed by atoms with Crippen LogP contribution in [-0.2, 0) is 0 Å². The third-order valence-electron chi connectivity index (χ3n) is 3.65. The van der Waals surface area contributed by atoms with Crippen molar-refractivity contribution in [1.82, 2.24) is 10.2 Å². The Labute approximate surface area is 135 Å². The molecule has 1 fully saturated rings. The lowest BCUT2D eigenvalue weighted by Gasteiger charge is -2.31. The minimum absolute atomic E-state index is 0.00967. The lowest BCUT2D eigenvalue weighted by Crippen LogP contribution is -2.46. The van der Waals surface area contributed by atoms with Gasteiger partial charge in [-0.2, -0.15) is 0 Å². The number of nitrogens with two attached hydrogens (primary N) is 1. The largest absolute Gasteiger partial charge is 0.392 e. The highest BCUT2D eigenvalue weighted by molar-refractivity contribution is 7.98. The number of benzene rings is 1. The first kappa shape index (κ1) is 16.3. The Morgan fingerprint density at radius 3 is 2.52 bits per heavy atom. The Balaban J connectivity index is 1.82. The van der Waals surface area contributed by atoms with Crippen LogP contribution in [0, 0.1) is 0 Å². The number of carbonyl (C=O) groups excluding carboxylic acids is 1. The molecule has 1 aliphatic heterocycles. The van der Waals surface area contributed by atoms with Crippen LogP contribution in [0.25, 0.3) is 0 Å². The molecule has 1 aliphatic rings. The first-order chi connectivity index (χ1) is 10.1. The number of rotatable bonds is 5. The molecule has 0 atom stereocenters. The molecule has 21 heavy (non-hydrogen) atoms. The number of nitrogens with one attached hydrogen (secondary N) is 1. The molecule has 2 rings (SSSR count). The van der Waals surface area contributed by atoms with Gasteiger partial charge in [-0.25, -0.2) is 0 Å². The van der Waals surface area contributed by atoms with E-state index in [1.807, 2.05) is 30.5 Å². The van der Waals surface area contributed by atoms with E-state index in [1.165, 1.54) is 0 Å². The van der Waals surface area contributed by atoms with Gasteiger partial charge in [0.2, 0.25) is 0 Å². The average molecular weight is 323 g/mol. The Hall–Kier alpha value is -1.11. The summed E-state index contributed by atoms with van der Waals surface area (Å²) in [5.41, 5.74) is 6.28. The number of amides is 1. The lowest BCUT2D eigenvalue weighted by molar-refractivity contribution is 0.0915.